The molecule has 2 aromatic heterocycles. The molecular weight excluding hydrogens is 529 g/mol. The van der Waals surface area contributed by atoms with Crippen molar-refractivity contribution in [2.45, 2.75) is 5.03 Å². The van der Waals surface area contributed by atoms with Crippen molar-refractivity contribution in [2.24, 2.45) is 0 Å². The minimum atomic E-state index is -3.92. The fourth-order valence-electron chi connectivity index (χ4n) is 3.75. The van der Waals surface area contributed by atoms with Crippen LogP contribution in [0, 0.1) is 0 Å². The molecular formula is C23H21Cl2N5O3S2. The zero-order chi connectivity index (χ0) is 23.7. The van der Waals surface area contributed by atoms with E-state index in [0.29, 0.717) is 36.8 Å². The molecule has 3 heterocycles. The molecule has 0 radical (unpaired) electrons. The van der Waals surface area contributed by atoms with E-state index < -0.39 is 10.0 Å². The van der Waals surface area contributed by atoms with Crippen molar-refractivity contribution in [3.8, 4) is 0 Å². The van der Waals surface area contributed by atoms with Crippen molar-refractivity contribution in [2.75, 3.05) is 35.8 Å². The van der Waals surface area contributed by atoms with E-state index in [9.17, 15) is 13.2 Å². The standard InChI is InChI=1S/C23H20ClN5O3S2.ClH/c24-16-8-9-19-20(15-16)33-23(26-19)29-13-11-28(12-14-29)22(30)17-5-1-2-6-18(17)27-34(31,32)21-7-3-4-10-25-21;/h1-10,15,27H,11-14H2;1H. The molecule has 1 N–H and O–H groups in total. The molecule has 12 heteroatoms. The molecule has 0 spiro atoms. The van der Waals surface area contributed by atoms with E-state index >= 15 is 0 Å². The molecule has 2 aromatic carbocycles. The molecule has 0 bridgehead atoms. The lowest BCUT2D eigenvalue weighted by Gasteiger charge is -2.34. The first kappa shape index (κ1) is 25.2. The Labute approximate surface area is 218 Å². The highest BCUT2D eigenvalue weighted by Crippen LogP contribution is 2.31. The fourth-order valence-corrected chi connectivity index (χ4v) is 6.08. The molecule has 0 unspecified atom stereocenters. The smallest absolute Gasteiger partial charge is 0.279 e. The average Bonchev–Trinajstić information content (AvgIpc) is 3.28. The van der Waals surface area contributed by atoms with Gasteiger partial charge in [0.15, 0.2) is 10.2 Å². The minimum Gasteiger partial charge on any atom is -0.345 e. The monoisotopic (exact) mass is 549 g/mol. The Morgan fingerprint density at radius 2 is 1.74 bits per heavy atom. The van der Waals surface area contributed by atoms with Crippen LogP contribution in [-0.4, -0.2) is 55.4 Å². The Hall–Kier alpha value is -2.92. The van der Waals surface area contributed by atoms with Gasteiger partial charge in [0.05, 0.1) is 21.5 Å². The van der Waals surface area contributed by atoms with E-state index in [1.54, 1.807) is 52.6 Å². The number of thiazole rings is 1. The van der Waals surface area contributed by atoms with E-state index in [0.717, 1.165) is 15.3 Å². The van der Waals surface area contributed by atoms with Gasteiger partial charge in [-0.25, -0.2) is 9.97 Å². The number of carbonyl (C=O) groups excluding carboxylic acids is 1. The number of amides is 1. The highest BCUT2D eigenvalue weighted by Gasteiger charge is 2.26. The maximum absolute atomic E-state index is 13.3. The number of hydrogen-bond donors (Lipinski definition) is 1. The molecule has 8 nitrogen and oxygen atoms in total. The van der Waals surface area contributed by atoms with Crippen LogP contribution < -0.4 is 9.62 Å². The van der Waals surface area contributed by atoms with Crippen LogP contribution in [0.15, 0.2) is 71.9 Å². The van der Waals surface area contributed by atoms with Gasteiger partial charge in [-0.2, -0.15) is 8.42 Å². The second-order valence-electron chi connectivity index (χ2n) is 7.71. The van der Waals surface area contributed by atoms with Gasteiger partial charge >= 0.3 is 0 Å². The number of hydrogen-bond acceptors (Lipinski definition) is 7. The summed E-state index contributed by atoms with van der Waals surface area (Å²) in [6, 6.07) is 16.9. The van der Waals surface area contributed by atoms with Crippen LogP contribution in [0.1, 0.15) is 10.4 Å². The van der Waals surface area contributed by atoms with Crippen molar-refractivity contribution < 1.29 is 13.2 Å². The maximum atomic E-state index is 13.3. The van der Waals surface area contributed by atoms with Crippen molar-refractivity contribution in [1.82, 2.24) is 14.9 Å². The van der Waals surface area contributed by atoms with Gasteiger partial charge in [-0.15, -0.1) is 12.4 Å². The number of rotatable bonds is 5. The highest BCUT2D eigenvalue weighted by molar-refractivity contribution is 7.92. The Morgan fingerprint density at radius 3 is 2.49 bits per heavy atom. The number of carbonyl (C=O) groups is 1. The number of nitrogens with zero attached hydrogens (tertiary/aromatic N) is 4. The number of aromatic nitrogens is 2. The largest absolute Gasteiger partial charge is 0.345 e. The lowest BCUT2D eigenvalue weighted by atomic mass is 10.1. The van der Waals surface area contributed by atoms with Crippen molar-refractivity contribution in [3.63, 3.8) is 0 Å². The van der Waals surface area contributed by atoms with Crippen LogP contribution >= 0.6 is 35.3 Å². The van der Waals surface area contributed by atoms with Crippen molar-refractivity contribution >= 4 is 72.3 Å². The molecule has 4 aromatic rings. The second kappa shape index (κ2) is 10.4. The topological polar surface area (TPSA) is 95.5 Å². The zero-order valence-corrected chi connectivity index (χ0v) is 21.5. The molecule has 1 aliphatic heterocycles. The minimum absolute atomic E-state index is 0. The van der Waals surface area contributed by atoms with Crippen LogP contribution in [0.2, 0.25) is 5.02 Å². The molecule has 5 rings (SSSR count). The normalized spacial score (nSPS) is 14.0. The van der Waals surface area contributed by atoms with Gasteiger partial charge in [0.1, 0.15) is 0 Å². The number of pyridine rings is 1. The van der Waals surface area contributed by atoms with E-state index in [2.05, 4.69) is 19.6 Å². The number of piperazine rings is 1. The molecule has 0 aliphatic carbocycles. The molecule has 182 valence electrons. The molecule has 1 amide bonds. The number of para-hydroxylation sites is 1. The van der Waals surface area contributed by atoms with Gasteiger partial charge < -0.3 is 9.80 Å². The number of sulfonamides is 1. The van der Waals surface area contributed by atoms with Gasteiger partial charge in [-0.3, -0.25) is 9.52 Å². The number of benzene rings is 2. The number of halogens is 2. The molecule has 0 atom stereocenters. The third-order valence-electron chi connectivity index (χ3n) is 5.49. The molecule has 1 fully saturated rings. The van der Waals surface area contributed by atoms with Crippen LogP contribution in [-0.2, 0) is 10.0 Å². The summed E-state index contributed by atoms with van der Waals surface area (Å²) >= 11 is 7.66. The second-order valence-corrected chi connectivity index (χ2v) is 10.8. The van der Waals surface area contributed by atoms with Crippen LogP contribution in [0.4, 0.5) is 10.8 Å². The van der Waals surface area contributed by atoms with Crippen molar-refractivity contribution in [3.05, 3.63) is 77.4 Å². The first-order valence-electron chi connectivity index (χ1n) is 10.5. The van der Waals surface area contributed by atoms with E-state index in [1.807, 2.05) is 18.2 Å². The Balaban J connectivity index is 0.00000289. The summed E-state index contributed by atoms with van der Waals surface area (Å²) in [5, 5.41) is 1.46. The first-order valence-corrected chi connectivity index (χ1v) is 13.2. The van der Waals surface area contributed by atoms with Gasteiger partial charge in [0.25, 0.3) is 15.9 Å². The van der Waals surface area contributed by atoms with E-state index in [-0.39, 0.29) is 29.0 Å². The third kappa shape index (κ3) is 5.35. The first-order chi connectivity index (χ1) is 16.4. The van der Waals surface area contributed by atoms with Gasteiger partial charge in [0.2, 0.25) is 0 Å². The third-order valence-corrected chi connectivity index (χ3v) is 8.09. The number of nitrogens with one attached hydrogen (secondary N) is 1. The molecule has 1 aliphatic rings. The Morgan fingerprint density at radius 1 is 1.00 bits per heavy atom. The lowest BCUT2D eigenvalue weighted by Crippen LogP contribution is -2.48. The summed E-state index contributed by atoms with van der Waals surface area (Å²) in [6.07, 6.45) is 1.41. The predicted octanol–water partition coefficient (Wildman–Crippen LogP) is 4.53. The predicted molar refractivity (Wildman–Crippen MR) is 141 cm³/mol. The van der Waals surface area contributed by atoms with Crippen molar-refractivity contribution in [1.29, 1.82) is 0 Å². The number of anilines is 2. The summed E-state index contributed by atoms with van der Waals surface area (Å²) in [7, 11) is -3.92. The zero-order valence-electron chi connectivity index (χ0n) is 18.3. The summed E-state index contributed by atoms with van der Waals surface area (Å²) in [6.45, 7) is 2.25. The summed E-state index contributed by atoms with van der Waals surface area (Å²) in [4.78, 5) is 25.8. The van der Waals surface area contributed by atoms with E-state index in [1.165, 1.54) is 12.3 Å². The lowest BCUT2D eigenvalue weighted by molar-refractivity contribution is 0.0748. The SMILES string of the molecule is Cl.O=C(c1ccccc1NS(=O)(=O)c1ccccn1)N1CCN(c2nc3ccc(Cl)cc3s2)CC1. The Kier molecular flexibility index (Phi) is 7.46. The van der Waals surface area contributed by atoms with Gasteiger partial charge in [0, 0.05) is 37.4 Å². The fraction of sp³-hybridized carbons (Fsp3) is 0.174. The summed E-state index contributed by atoms with van der Waals surface area (Å²) in [5.74, 6) is -0.227. The average molecular weight is 550 g/mol. The van der Waals surface area contributed by atoms with E-state index in [4.69, 9.17) is 11.6 Å². The summed E-state index contributed by atoms with van der Waals surface area (Å²) in [5.41, 5.74) is 1.42. The maximum Gasteiger partial charge on any atom is 0.279 e. The Bertz CT molecular complexity index is 1460. The number of fused-ring (bicyclic) bond motifs is 1. The van der Waals surface area contributed by atoms with Gasteiger partial charge in [-0.05, 0) is 42.5 Å². The van der Waals surface area contributed by atoms with Crippen LogP contribution in [0.3, 0.4) is 0 Å². The quantitative estimate of drug-likeness (QED) is 0.393. The van der Waals surface area contributed by atoms with Gasteiger partial charge in [-0.1, -0.05) is 41.1 Å². The molecule has 35 heavy (non-hydrogen) atoms. The highest BCUT2D eigenvalue weighted by atomic mass is 35.5. The molecule has 0 saturated carbocycles. The summed E-state index contributed by atoms with van der Waals surface area (Å²) < 4.78 is 29.0. The van der Waals surface area contributed by atoms with Crippen LogP contribution in [0.5, 0.6) is 0 Å². The molecule has 1 saturated heterocycles. The van der Waals surface area contributed by atoms with Crippen LogP contribution in [0.25, 0.3) is 10.2 Å².